The summed E-state index contributed by atoms with van der Waals surface area (Å²) in [6.45, 7) is 0. The van der Waals surface area contributed by atoms with Crippen LogP contribution in [0.5, 0.6) is 5.75 Å². The van der Waals surface area contributed by atoms with E-state index >= 15 is 0 Å². The SMILES string of the molecule is COc1ccc(-n2ncc3c2NC(=O)C[C@@]32C(=O)Nc3ccc(Cl)cc32)cc1. The number of carbonyl (C=O) groups excluding carboxylic acids is 2. The van der Waals surface area contributed by atoms with Crippen molar-refractivity contribution >= 4 is 34.9 Å². The second kappa shape index (κ2) is 5.84. The summed E-state index contributed by atoms with van der Waals surface area (Å²) in [5.74, 6) is 0.675. The van der Waals surface area contributed by atoms with Crippen LogP contribution < -0.4 is 15.4 Å². The Labute approximate surface area is 165 Å². The number of ether oxygens (including phenoxy) is 1. The van der Waals surface area contributed by atoms with Crippen LogP contribution in [-0.4, -0.2) is 28.7 Å². The van der Waals surface area contributed by atoms with Gasteiger partial charge in [0.25, 0.3) is 0 Å². The summed E-state index contributed by atoms with van der Waals surface area (Å²) in [4.78, 5) is 25.7. The molecular formula is C20H15ClN4O3. The summed E-state index contributed by atoms with van der Waals surface area (Å²) >= 11 is 6.19. The first-order chi connectivity index (χ1) is 13.5. The molecule has 0 saturated heterocycles. The maximum atomic E-state index is 13.1. The van der Waals surface area contributed by atoms with Gasteiger partial charge in [-0.1, -0.05) is 11.6 Å². The van der Waals surface area contributed by atoms with E-state index in [1.165, 1.54) is 0 Å². The zero-order valence-electron chi connectivity index (χ0n) is 14.8. The van der Waals surface area contributed by atoms with Gasteiger partial charge in [0.15, 0.2) is 0 Å². The van der Waals surface area contributed by atoms with Gasteiger partial charge in [-0.2, -0.15) is 5.10 Å². The second-order valence-corrected chi connectivity index (χ2v) is 7.23. The van der Waals surface area contributed by atoms with Gasteiger partial charge >= 0.3 is 0 Å². The van der Waals surface area contributed by atoms with E-state index in [0.29, 0.717) is 33.4 Å². The fourth-order valence-electron chi connectivity index (χ4n) is 3.99. The Bertz CT molecular complexity index is 1140. The molecule has 0 fully saturated rings. The lowest BCUT2D eigenvalue weighted by atomic mass is 9.72. The van der Waals surface area contributed by atoms with Crippen molar-refractivity contribution in [2.45, 2.75) is 11.8 Å². The molecule has 2 aromatic carbocycles. The summed E-state index contributed by atoms with van der Waals surface area (Å²) in [7, 11) is 1.59. The molecular weight excluding hydrogens is 380 g/mol. The molecule has 5 rings (SSSR count). The molecule has 8 heteroatoms. The number of amides is 2. The van der Waals surface area contributed by atoms with Crippen LogP contribution in [-0.2, 0) is 15.0 Å². The van der Waals surface area contributed by atoms with Crippen LogP contribution >= 0.6 is 11.6 Å². The first-order valence-electron chi connectivity index (χ1n) is 8.67. The molecule has 2 N–H and O–H groups in total. The molecule has 0 bridgehead atoms. The number of carbonyl (C=O) groups is 2. The molecule has 1 aromatic heterocycles. The summed E-state index contributed by atoms with van der Waals surface area (Å²) in [5.41, 5.74) is 1.58. The van der Waals surface area contributed by atoms with Crippen molar-refractivity contribution in [3.8, 4) is 11.4 Å². The lowest BCUT2D eigenvalue weighted by Gasteiger charge is -2.31. The highest BCUT2D eigenvalue weighted by molar-refractivity contribution is 6.31. The van der Waals surface area contributed by atoms with Gasteiger partial charge in [0, 0.05) is 22.7 Å². The van der Waals surface area contributed by atoms with E-state index in [4.69, 9.17) is 16.3 Å². The molecule has 0 saturated carbocycles. The maximum absolute atomic E-state index is 13.1. The van der Waals surface area contributed by atoms with Crippen LogP contribution in [0.1, 0.15) is 17.5 Å². The van der Waals surface area contributed by atoms with Crippen molar-refractivity contribution in [2.75, 3.05) is 17.7 Å². The van der Waals surface area contributed by atoms with Crippen LogP contribution in [0.3, 0.4) is 0 Å². The van der Waals surface area contributed by atoms with Crippen LogP contribution in [0.4, 0.5) is 11.5 Å². The number of methoxy groups -OCH3 is 1. The smallest absolute Gasteiger partial charge is 0.240 e. The van der Waals surface area contributed by atoms with Crippen molar-refractivity contribution < 1.29 is 14.3 Å². The third-order valence-corrected chi connectivity index (χ3v) is 5.54. The van der Waals surface area contributed by atoms with E-state index < -0.39 is 5.41 Å². The van der Waals surface area contributed by atoms with Gasteiger partial charge in [-0.3, -0.25) is 9.59 Å². The number of rotatable bonds is 2. The molecule has 7 nitrogen and oxygen atoms in total. The zero-order chi connectivity index (χ0) is 19.5. The van der Waals surface area contributed by atoms with Gasteiger partial charge in [0.2, 0.25) is 11.8 Å². The monoisotopic (exact) mass is 394 g/mol. The van der Waals surface area contributed by atoms with Gasteiger partial charge in [0.05, 0.1) is 19.0 Å². The molecule has 0 unspecified atom stereocenters. The standard InChI is InChI=1S/C20H15ClN4O3/c1-28-13-5-3-12(4-6-13)25-18-15(10-22-25)20(9-17(26)24-18)14-8-11(21)2-7-16(14)23-19(20)27/h2-8,10H,9H2,1H3,(H,23,27)(H,24,26)/t20-/m0/s1. The summed E-state index contributed by atoms with van der Waals surface area (Å²) in [6.07, 6.45) is 1.63. The number of aromatic nitrogens is 2. The van der Waals surface area contributed by atoms with Crippen molar-refractivity contribution in [3.63, 3.8) is 0 Å². The largest absolute Gasteiger partial charge is 0.497 e. The van der Waals surface area contributed by atoms with E-state index in [-0.39, 0.29) is 18.2 Å². The first-order valence-corrected chi connectivity index (χ1v) is 9.05. The zero-order valence-corrected chi connectivity index (χ0v) is 15.6. The number of halogens is 1. The van der Waals surface area contributed by atoms with E-state index in [2.05, 4.69) is 15.7 Å². The van der Waals surface area contributed by atoms with Crippen molar-refractivity contribution in [1.29, 1.82) is 0 Å². The molecule has 140 valence electrons. The number of nitrogens with one attached hydrogen (secondary N) is 2. The Hall–Kier alpha value is -3.32. The van der Waals surface area contributed by atoms with E-state index in [1.54, 1.807) is 48.3 Å². The third kappa shape index (κ3) is 2.20. The molecule has 0 radical (unpaired) electrons. The van der Waals surface area contributed by atoms with E-state index in [0.717, 1.165) is 5.69 Å². The highest BCUT2D eigenvalue weighted by Crippen LogP contribution is 2.50. The van der Waals surface area contributed by atoms with Crippen LogP contribution in [0, 0.1) is 0 Å². The van der Waals surface area contributed by atoms with Crippen molar-refractivity contribution in [3.05, 3.63) is 64.8 Å². The quantitative estimate of drug-likeness (QED) is 0.699. The minimum atomic E-state index is -1.15. The predicted molar refractivity (Wildman–Crippen MR) is 104 cm³/mol. The van der Waals surface area contributed by atoms with Gasteiger partial charge in [-0.25, -0.2) is 4.68 Å². The highest BCUT2D eigenvalue weighted by Gasteiger charge is 2.54. The predicted octanol–water partition coefficient (Wildman–Crippen LogP) is 3.11. The summed E-state index contributed by atoms with van der Waals surface area (Å²) in [5, 5.41) is 10.7. The average Bonchev–Trinajstić information content (AvgIpc) is 3.22. The Morgan fingerprint density at radius 2 is 1.89 bits per heavy atom. The molecule has 0 aliphatic carbocycles. The lowest BCUT2D eigenvalue weighted by molar-refractivity contribution is -0.125. The maximum Gasteiger partial charge on any atom is 0.240 e. The van der Waals surface area contributed by atoms with Gasteiger partial charge in [-0.05, 0) is 48.0 Å². The molecule has 3 aromatic rings. The molecule has 2 aliphatic rings. The first kappa shape index (κ1) is 16.8. The molecule has 2 aliphatic heterocycles. The van der Waals surface area contributed by atoms with E-state index in [9.17, 15) is 9.59 Å². The number of fused-ring (bicyclic) bond motifs is 4. The Balaban J connectivity index is 1.72. The number of benzene rings is 2. The Morgan fingerprint density at radius 1 is 1.11 bits per heavy atom. The summed E-state index contributed by atoms with van der Waals surface area (Å²) < 4.78 is 6.81. The molecule has 1 spiro atoms. The van der Waals surface area contributed by atoms with Crippen LogP contribution in [0.2, 0.25) is 5.02 Å². The minimum Gasteiger partial charge on any atom is -0.497 e. The molecule has 1 atom stereocenters. The molecule has 28 heavy (non-hydrogen) atoms. The van der Waals surface area contributed by atoms with Gasteiger partial charge < -0.3 is 15.4 Å². The molecule has 2 amide bonds. The van der Waals surface area contributed by atoms with Crippen LogP contribution in [0.15, 0.2) is 48.7 Å². The third-order valence-electron chi connectivity index (χ3n) is 5.31. The number of hydrogen-bond acceptors (Lipinski definition) is 4. The normalized spacial score (nSPS) is 19.8. The Kier molecular flexibility index (Phi) is 3.51. The lowest BCUT2D eigenvalue weighted by Crippen LogP contribution is -2.43. The van der Waals surface area contributed by atoms with Crippen molar-refractivity contribution in [1.82, 2.24) is 9.78 Å². The van der Waals surface area contributed by atoms with Crippen molar-refractivity contribution in [2.24, 2.45) is 0 Å². The van der Waals surface area contributed by atoms with Gasteiger partial charge in [0.1, 0.15) is 17.0 Å². The van der Waals surface area contributed by atoms with E-state index in [1.807, 2.05) is 12.1 Å². The highest BCUT2D eigenvalue weighted by atomic mass is 35.5. The Morgan fingerprint density at radius 3 is 2.64 bits per heavy atom. The minimum absolute atomic E-state index is 0.00647. The number of hydrogen-bond donors (Lipinski definition) is 2. The molecule has 3 heterocycles. The fraction of sp³-hybridized carbons (Fsp3) is 0.150. The number of anilines is 2. The van der Waals surface area contributed by atoms with Gasteiger partial charge in [-0.15, -0.1) is 0 Å². The second-order valence-electron chi connectivity index (χ2n) is 6.79. The average molecular weight is 395 g/mol. The number of nitrogens with zero attached hydrogens (tertiary/aromatic N) is 2. The topological polar surface area (TPSA) is 85.2 Å². The fourth-order valence-corrected chi connectivity index (χ4v) is 4.16. The van der Waals surface area contributed by atoms with Crippen LogP contribution in [0.25, 0.3) is 5.69 Å². The summed E-state index contributed by atoms with van der Waals surface area (Å²) in [6, 6.07) is 12.5.